The van der Waals surface area contributed by atoms with Crippen molar-refractivity contribution in [3.8, 4) is 22.9 Å². The molecule has 0 saturated carbocycles. The van der Waals surface area contributed by atoms with E-state index in [0.717, 1.165) is 29.8 Å². The molecule has 42 heavy (non-hydrogen) atoms. The van der Waals surface area contributed by atoms with Crippen molar-refractivity contribution in [2.75, 3.05) is 26.2 Å². The van der Waals surface area contributed by atoms with E-state index < -0.39 is 23.4 Å². The van der Waals surface area contributed by atoms with Gasteiger partial charge in [-0.2, -0.15) is 5.26 Å². The molecule has 8 heteroatoms. The zero-order valence-electron chi connectivity index (χ0n) is 22.9. The molecule has 4 aromatic carbocycles. The molecule has 0 spiro atoms. The Morgan fingerprint density at radius 3 is 1.86 bits per heavy atom. The topological polar surface area (TPSA) is 73.6 Å². The van der Waals surface area contributed by atoms with Crippen molar-refractivity contribution < 1.29 is 23.1 Å². The molecular weight excluding hydrogens is 536 g/mol. The molecule has 212 valence electrons. The Balaban J connectivity index is 1.17. The van der Waals surface area contributed by atoms with Gasteiger partial charge in [-0.15, -0.1) is 0 Å². The molecule has 1 atom stereocenters. The summed E-state index contributed by atoms with van der Waals surface area (Å²) in [5.74, 6) is -1.21. The fraction of sp³-hybridized carbons (Fsp3) is 0.206. The largest absolute Gasteiger partial charge is 0.494 e. The zero-order valence-corrected chi connectivity index (χ0v) is 22.9. The van der Waals surface area contributed by atoms with Gasteiger partial charge >= 0.3 is 0 Å². The summed E-state index contributed by atoms with van der Waals surface area (Å²) in [6, 6.07) is 27.2. The number of carbonyl (C=O) groups excluding carboxylic acids is 2. The van der Waals surface area contributed by atoms with E-state index >= 15 is 0 Å². The van der Waals surface area contributed by atoms with E-state index in [-0.39, 0.29) is 17.2 Å². The van der Waals surface area contributed by atoms with Crippen molar-refractivity contribution >= 4 is 11.8 Å². The standard InChI is InChI=1S/C34H29F2N3O3/c35-29-12-6-27(7-13-29)33(40)39(34(41)28-8-14-30(36)15-9-28)31-18-20-38(23-31)19-1-21-42-32-16-10-26(11-17-32)25-4-2-24(22-37)3-5-25/h2-17,31H,1,18-21,23H2/t31-/m1/s1. The summed E-state index contributed by atoms with van der Waals surface area (Å²) in [5.41, 5.74) is 3.10. The van der Waals surface area contributed by atoms with Crippen LogP contribution >= 0.6 is 0 Å². The molecule has 0 N–H and O–H groups in total. The lowest BCUT2D eigenvalue weighted by Gasteiger charge is -2.28. The van der Waals surface area contributed by atoms with Crippen LogP contribution in [0.4, 0.5) is 8.78 Å². The fourth-order valence-corrected chi connectivity index (χ4v) is 5.07. The van der Waals surface area contributed by atoms with Gasteiger partial charge in [-0.3, -0.25) is 14.5 Å². The monoisotopic (exact) mass is 565 g/mol. The molecule has 0 unspecified atom stereocenters. The summed E-state index contributed by atoms with van der Waals surface area (Å²) >= 11 is 0. The highest BCUT2D eigenvalue weighted by molar-refractivity contribution is 6.10. The summed E-state index contributed by atoms with van der Waals surface area (Å²) in [7, 11) is 0. The molecule has 0 bridgehead atoms. The molecule has 5 rings (SSSR count). The first-order valence-electron chi connectivity index (χ1n) is 13.8. The Morgan fingerprint density at radius 1 is 0.810 bits per heavy atom. The van der Waals surface area contributed by atoms with Crippen LogP contribution in [-0.4, -0.2) is 53.9 Å². The Kier molecular flexibility index (Phi) is 9.00. The quantitative estimate of drug-likeness (QED) is 0.175. The maximum Gasteiger partial charge on any atom is 0.261 e. The first-order valence-corrected chi connectivity index (χ1v) is 13.8. The van der Waals surface area contributed by atoms with Gasteiger partial charge in [0.2, 0.25) is 0 Å². The van der Waals surface area contributed by atoms with Crippen molar-refractivity contribution in [2.45, 2.75) is 18.9 Å². The Labute approximate surface area is 243 Å². The highest BCUT2D eigenvalue weighted by Crippen LogP contribution is 2.24. The minimum Gasteiger partial charge on any atom is -0.494 e. The molecule has 2 amide bonds. The van der Waals surface area contributed by atoms with E-state index in [0.29, 0.717) is 31.7 Å². The van der Waals surface area contributed by atoms with Crippen LogP contribution in [0.25, 0.3) is 11.1 Å². The number of ether oxygens (including phenoxy) is 1. The molecule has 0 aliphatic carbocycles. The molecule has 0 aromatic heterocycles. The third kappa shape index (κ3) is 6.88. The van der Waals surface area contributed by atoms with Crippen LogP contribution in [0.1, 0.15) is 39.1 Å². The van der Waals surface area contributed by atoms with E-state index in [2.05, 4.69) is 11.0 Å². The van der Waals surface area contributed by atoms with Crippen molar-refractivity contribution in [1.29, 1.82) is 5.26 Å². The average molecular weight is 566 g/mol. The predicted molar refractivity (Wildman–Crippen MR) is 155 cm³/mol. The second-order valence-corrected chi connectivity index (χ2v) is 10.2. The molecule has 1 heterocycles. The van der Waals surface area contributed by atoms with Gasteiger partial charge in [0, 0.05) is 30.8 Å². The molecule has 6 nitrogen and oxygen atoms in total. The Hall–Kier alpha value is -4.87. The smallest absolute Gasteiger partial charge is 0.261 e. The first-order chi connectivity index (χ1) is 20.4. The van der Waals surface area contributed by atoms with Crippen molar-refractivity contribution in [3.63, 3.8) is 0 Å². The minimum atomic E-state index is -0.510. The molecular formula is C34H29F2N3O3. The van der Waals surface area contributed by atoms with E-state index in [1.54, 1.807) is 12.1 Å². The lowest BCUT2D eigenvalue weighted by Crippen LogP contribution is -2.46. The second kappa shape index (κ2) is 13.2. The van der Waals surface area contributed by atoms with Crippen LogP contribution in [0.5, 0.6) is 5.75 Å². The number of hydrogen-bond acceptors (Lipinski definition) is 5. The zero-order chi connectivity index (χ0) is 29.5. The third-order valence-corrected chi connectivity index (χ3v) is 7.32. The van der Waals surface area contributed by atoms with Crippen LogP contribution in [0.2, 0.25) is 0 Å². The molecule has 1 aliphatic rings. The maximum absolute atomic E-state index is 13.5. The van der Waals surface area contributed by atoms with Gasteiger partial charge in [0.05, 0.1) is 24.3 Å². The lowest BCUT2D eigenvalue weighted by atomic mass is 10.0. The van der Waals surface area contributed by atoms with Crippen LogP contribution in [0.15, 0.2) is 97.1 Å². The van der Waals surface area contributed by atoms with E-state index in [1.165, 1.54) is 53.4 Å². The van der Waals surface area contributed by atoms with Gasteiger partial charge in [0.15, 0.2) is 0 Å². The van der Waals surface area contributed by atoms with Crippen LogP contribution in [0, 0.1) is 23.0 Å². The minimum absolute atomic E-state index is 0.212. The summed E-state index contributed by atoms with van der Waals surface area (Å²) < 4.78 is 32.9. The summed E-state index contributed by atoms with van der Waals surface area (Å²) in [5, 5.41) is 8.97. The molecule has 0 radical (unpaired) electrons. The highest BCUT2D eigenvalue weighted by Gasteiger charge is 2.35. The van der Waals surface area contributed by atoms with E-state index in [4.69, 9.17) is 10.00 Å². The number of carbonyl (C=O) groups is 2. The number of imide groups is 1. The third-order valence-electron chi connectivity index (χ3n) is 7.32. The lowest BCUT2D eigenvalue weighted by molar-refractivity contribution is 0.0548. The second-order valence-electron chi connectivity index (χ2n) is 10.2. The van der Waals surface area contributed by atoms with Gasteiger partial charge in [0.1, 0.15) is 17.4 Å². The van der Waals surface area contributed by atoms with Crippen LogP contribution in [-0.2, 0) is 0 Å². The molecule has 1 aliphatic heterocycles. The van der Waals surface area contributed by atoms with Gasteiger partial charge in [0.25, 0.3) is 11.8 Å². The van der Waals surface area contributed by atoms with Crippen molar-refractivity contribution in [3.05, 3.63) is 125 Å². The molecule has 1 saturated heterocycles. The number of halogens is 2. The van der Waals surface area contributed by atoms with Gasteiger partial charge in [-0.05, 0) is 96.8 Å². The van der Waals surface area contributed by atoms with E-state index in [9.17, 15) is 18.4 Å². The van der Waals surface area contributed by atoms with Crippen LogP contribution in [0.3, 0.4) is 0 Å². The van der Waals surface area contributed by atoms with Gasteiger partial charge in [-0.1, -0.05) is 24.3 Å². The number of nitriles is 1. The normalized spacial score (nSPS) is 14.7. The van der Waals surface area contributed by atoms with Crippen LogP contribution < -0.4 is 4.74 Å². The number of rotatable bonds is 9. The van der Waals surface area contributed by atoms with Crippen molar-refractivity contribution in [1.82, 2.24) is 9.80 Å². The summed E-state index contributed by atoms with van der Waals surface area (Å²) in [4.78, 5) is 30.3. The maximum atomic E-state index is 13.5. The predicted octanol–water partition coefficient (Wildman–Crippen LogP) is 6.33. The van der Waals surface area contributed by atoms with Gasteiger partial charge in [-0.25, -0.2) is 8.78 Å². The first kappa shape index (κ1) is 28.7. The Bertz CT molecular complexity index is 1510. The number of likely N-dealkylation sites (tertiary alicyclic amines) is 1. The molecule has 4 aromatic rings. The summed E-state index contributed by atoms with van der Waals surface area (Å²) in [6.07, 6.45) is 1.35. The highest BCUT2D eigenvalue weighted by atomic mass is 19.1. The van der Waals surface area contributed by atoms with Crippen molar-refractivity contribution in [2.24, 2.45) is 0 Å². The SMILES string of the molecule is N#Cc1ccc(-c2ccc(OCCCN3CC[C@@H](N(C(=O)c4ccc(F)cc4)C(=O)c4ccc(F)cc4)C3)cc2)cc1. The number of benzene rings is 4. The number of hydrogen-bond donors (Lipinski definition) is 0. The fourth-order valence-electron chi connectivity index (χ4n) is 5.07. The number of amides is 2. The Morgan fingerprint density at radius 2 is 1.33 bits per heavy atom. The van der Waals surface area contributed by atoms with Gasteiger partial charge < -0.3 is 9.64 Å². The van der Waals surface area contributed by atoms with E-state index in [1.807, 2.05) is 36.4 Å². The average Bonchev–Trinajstić information content (AvgIpc) is 3.48. The number of nitrogens with zero attached hydrogens (tertiary/aromatic N) is 3. The molecule has 1 fully saturated rings. The summed E-state index contributed by atoms with van der Waals surface area (Å²) in [6.45, 7) is 2.43.